The molecule has 0 saturated carbocycles. The minimum absolute atomic E-state index is 0.0755. The summed E-state index contributed by atoms with van der Waals surface area (Å²) in [5, 5.41) is 0.835. The number of benzene rings is 1. The Hall–Kier alpha value is -0.570. The predicted octanol–water partition coefficient (Wildman–Crippen LogP) is 3.66. The highest BCUT2D eigenvalue weighted by atomic mass is 35.5. The SMILES string of the molecule is COC(C)(C)CCC(CN)Cc1ccccc1Cl. The van der Waals surface area contributed by atoms with Crippen molar-refractivity contribution in [3.05, 3.63) is 34.9 Å². The molecule has 0 aliphatic rings. The molecule has 18 heavy (non-hydrogen) atoms. The van der Waals surface area contributed by atoms with Crippen LogP contribution in [0, 0.1) is 5.92 Å². The summed E-state index contributed by atoms with van der Waals surface area (Å²) >= 11 is 6.18. The van der Waals surface area contributed by atoms with E-state index in [0.29, 0.717) is 12.5 Å². The van der Waals surface area contributed by atoms with Crippen molar-refractivity contribution in [2.45, 2.75) is 38.7 Å². The fraction of sp³-hybridized carbons (Fsp3) is 0.600. The molecule has 1 aromatic rings. The minimum atomic E-state index is -0.0755. The second-order valence-corrected chi connectivity index (χ2v) is 5.81. The van der Waals surface area contributed by atoms with Gasteiger partial charge in [0, 0.05) is 12.1 Å². The van der Waals surface area contributed by atoms with Gasteiger partial charge in [-0.25, -0.2) is 0 Å². The van der Waals surface area contributed by atoms with E-state index >= 15 is 0 Å². The Bertz CT molecular complexity index is 365. The molecule has 0 spiro atoms. The normalized spacial score (nSPS) is 13.6. The van der Waals surface area contributed by atoms with Crippen LogP contribution in [0.4, 0.5) is 0 Å². The van der Waals surface area contributed by atoms with Gasteiger partial charge in [0.1, 0.15) is 0 Å². The van der Waals surface area contributed by atoms with Crippen molar-refractivity contribution in [1.29, 1.82) is 0 Å². The first-order valence-electron chi connectivity index (χ1n) is 6.47. The van der Waals surface area contributed by atoms with Gasteiger partial charge in [0.2, 0.25) is 0 Å². The number of ether oxygens (including phenoxy) is 1. The third-order valence-electron chi connectivity index (χ3n) is 3.51. The monoisotopic (exact) mass is 269 g/mol. The Morgan fingerprint density at radius 3 is 2.56 bits per heavy atom. The highest BCUT2D eigenvalue weighted by Crippen LogP contribution is 2.24. The number of hydrogen-bond acceptors (Lipinski definition) is 2. The maximum absolute atomic E-state index is 6.18. The zero-order chi connectivity index (χ0) is 13.6. The highest BCUT2D eigenvalue weighted by molar-refractivity contribution is 6.31. The van der Waals surface area contributed by atoms with Crippen molar-refractivity contribution in [1.82, 2.24) is 0 Å². The molecule has 2 nitrogen and oxygen atoms in total. The first-order valence-corrected chi connectivity index (χ1v) is 6.85. The summed E-state index contributed by atoms with van der Waals surface area (Å²) in [6.07, 6.45) is 3.01. The number of methoxy groups -OCH3 is 1. The van der Waals surface area contributed by atoms with Crippen LogP contribution in [0.1, 0.15) is 32.3 Å². The Morgan fingerprint density at radius 2 is 2.00 bits per heavy atom. The molecule has 1 aromatic carbocycles. The quantitative estimate of drug-likeness (QED) is 0.820. The van der Waals surface area contributed by atoms with Crippen LogP contribution in [-0.2, 0) is 11.2 Å². The third-order valence-corrected chi connectivity index (χ3v) is 3.88. The molecule has 3 heteroatoms. The van der Waals surface area contributed by atoms with E-state index in [0.717, 1.165) is 24.3 Å². The number of nitrogens with two attached hydrogens (primary N) is 1. The van der Waals surface area contributed by atoms with E-state index in [2.05, 4.69) is 19.9 Å². The first kappa shape index (κ1) is 15.5. The van der Waals surface area contributed by atoms with Crippen LogP contribution in [-0.4, -0.2) is 19.3 Å². The van der Waals surface area contributed by atoms with Gasteiger partial charge in [0.25, 0.3) is 0 Å². The molecule has 0 aromatic heterocycles. The lowest BCUT2D eigenvalue weighted by molar-refractivity contribution is 0.0106. The molecule has 2 N–H and O–H groups in total. The maximum Gasteiger partial charge on any atom is 0.0622 e. The summed E-state index contributed by atoms with van der Waals surface area (Å²) < 4.78 is 5.44. The smallest absolute Gasteiger partial charge is 0.0622 e. The van der Waals surface area contributed by atoms with Gasteiger partial charge in [-0.05, 0) is 57.2 Å². The van der Waals surface area contributed by atoms with Gasteiger partial charge >= 0.3 is 0 Å². The first-order chi connectivity index (χ1) is 8.48. The molecule has 1 unspecified atom stereocenters. The lowest BCUT2D eigenvalue weighted by atomic mass is 9.90. The van der Waals surface area contributed by atoms with Crippen molar-refractivity contribution < 1.29 is 4.74 Å². The predicted molar refractivity (Wildman–Crippen MR) is 78.0 cm³/mol. The number of hydrogen-bond donors (Lipinski definition) is 1. The van der Waals surface area contributed by atoms with Crippen molar-refractivity contribution in [2.24, 2.45) is 11.7 Å². The van der Waals surface area contributed by atoms with Gasteiger partial charge in [-0.3, -0.25) is 0 Å². The Kier molecular flexibility index (Phi) is 6.13. The average Bonchev–Trinajstić information content (AvgIpc) is 2.36. The average molecular weight is 270 g/mol. The standard InChI is InChI=1S/C15H24ClNO/c1-15(2,18-3)9-8-12(11-17)10-13-6-4-5-7-14(13)16/h4-7,12H,8-11,17H2,1-3H3. The van der Waals surface area contributed by atoms with Gasteiger partial charge < -0.3 is 10.5 Å². The van der Waals surface area contributed by atoms with Crippen LogP contribution in [0.15, 0.2) is 24.3 Å². The van der Waals surface area contributed by atoms with Gasteiger partial charge in [-0.15, -0.1) is 0 Å². The Morgan fingerprint density at radius 1 is 1.33 bits per heavy atom. The molecule has 0 radical (unpaired) electrons. The van der Waals surface area contributed by atoms with Crippen LogP contribution in [0.3, 0.4) is 0 Å². The minimum Gasteiger partial charge on any atom is -0.379 e. The van der Waals surface area contributed by atoms with Crippen LogP contribution < -0.4 is 5.73 Å². The number of rotatable bonds is 7. The molecular formula is C15H24ClNO. The molecule has 0 heterocycles. The summed E-state index contributed by atoms with van der Waals surface area (Å²) in [6.45, 7) is 4.90. The molecule has 0 fully saturated rings. The van der Waals surface area contributed by atoms with Crippen LogP contribution in [0.5, 0.6) is 0 Å². The van der Waals surface area contributed by atoms with Gasteiger partial charge in [-0.2, -0.15) is 0 Å². The molecule has 0 saturated heterocycles. The second kappa shape index (κ2) is 7.13. The molecule has 102 valence electrons. The molecule has 0 aliphatic carbocycles. The largest absolute Gasteiger partial charge is 0.379 e. The topological polar surface area (TPSA) is 35.2 Å². The van der Waals surface area contributed by atoms with Crippen LogP contribution >= 0.6 is 11.6 Å². The summed E-state index contributed by atoms with van der Waals surface area (Å²) in [5.41, 5.74) is 6.97. The summed E-state index contributed by atoms with van der Waals surface area (Å²) in [4.78, 5) is 0. The van der Waals surface area contributed by atoms with E-state index in [1.165, 1.54) is 5.56 Å². The fourth-order valence-corrected chi connectivity index (χ4v) is 2.14. The molecule has 0 amide bonds. The van der Waals surface area contributed by atoms with Gasteiger partial charge in [0.05, 0.1) is 5.60 Å². The maximum atomic E-state index is 6.18. The van der Waals surface area contributed by atoms with Crippen molar-refractivity contribution >= 4 is 11.6 Å². The molecule has 1 rings (SSSR count). The van der Waals surface area contributed by atoms with Crippen molar-refractivity contribution in [2.75, 3.05) is 13.7 Å². The van der Waals surface area contributed by atoms with Gasteiger partial charge in [0.15, 0.2) is 0 Å². The van der Waals surface area contributed by atoms with Gasteiger partial charge in [-0.1, -0.05) is 29.8 Å². The molecular weight excluding hydrogens is 246 g/mol. The van der Waals surface area contributed by atoms with Crippen molar-refractivity contribution in [3.63, 3.8) is 0 Å². The summed E-state index contributed by atoms with van der Waals surface area (Å²) in [5.74, 6) is 0.458. The van der Waals surface area contributed by atoms with E-state index < -0.39 is 0 Å². The third kappa shape index (κ3) is 4.97. The highest BCUT2D eigenvalue weighted by Gasteiger charge is 2.19. The number of halogens is 1. The van der Waals surface area contributed by atoms with E-state index in [1.807, 2.05) is 18.2 Å². The zero-order valence-corrected chi connectivity index (χ0v) is 12.3. The van der Waals surface area contributed by atoms with E-state index in [-0.39, 0.29) is 5.60 Å². The lowest BCUT2D eigenvalue weighted by Crippen LogP contribution is -2.26. The van der Waals surface area contributed by atoms with E-state index in [1.54, 1.807) is 7.11 Å². The Balaban J connectivity index is 2.55. The lowest BCUT2D eigenvalue weighted by Gasteiger charge is -2.25. The second-order valence-electron chi connectivity index (χ2n) is 5.40. The van der Waals surface area contributed by atoms with Crippen LogP contribution in [0.25, 0.3) is 0 Å². The molecule has 1 atom stereocenters. The van der Waals surface area contributed by atoms with E-state index in [4.69, 9.17) is 22.1 Å². The van der Waals surface area contributed by atoms with Crippen LogP contribution in [0.2, 0.25) is 5.02 Å². The van der Waals surface area contributed by atoms with E-state index in [9.17, 15) is 0 Å². The summed E-state index contributed by atoms with van der Waals surface area (Å²) in [6, 6.07) is 7.99. The van der Waals surface area contributed by atoms with Crippen molar-refractivity contribution in [3.8, 4) is 0 Å². The zero-order valence-electron chi connectivity index (χ0n) is 11.6. The molecule has 0 bridgehead atoms. The molecule has 0 aliphatic heterocycles. The fourth-order valence-electron chi connectivity index (χ4n) is 1.93. The summed E-state index contributed by atoms with van der Waals surface area (Å²) in [7, 11) is 1.76. The Labute approximate surface area is 115 Å².